The van der Waals surface area contributed by atoms with Gasteiger partial charge in [-0.2, -0.15) is 5.10 Å². The predicted molar refractivity (Wildman–Crippen MR) is 127 cm³/mol. The summed E-state index contributed by atoms with van der Waals surface area (Å²) in [5.74, 6) is 1.12. The van der Waals surface area contributed by atoms with Crippen LogP contribution in [0.2, 0.25) is 0 Å². The van der Waals surface area contributed by atoms with Crippen LogP contribution in [0.25, 0.3) is 0 Å². The van der Waals surface area contributed by atoms with Gasteiger partial charge in [-0.05, 0) is 55.3 Å². The van der Waals surface area contributed by atoms with Crippen LogP contribution in [0.1, 0.15) is 54.1 Å². The quantitative estimate of drug-likeness (QED) is 0.498. The molecule has 2 N–H and O–H groups in total. The topological polar surface area (TPSA) is 79.6 Å². The normalized spacial score (nSPS) is 14.2. The molecule has 3 aromatic rings. The first-order valence-electron chi connectivity index (χ1n) is 11.0. The molecule has 32 heavy (non-hydrogen) atoms. The molecular formula is C25H30N4O3. The fourth-order valence-electron chi connectivity index (χ4n) is 4.38. The van der Waals surface area contributed by atoms with Crippen LogP contribution in [0.5, 0.6) is 5.75 Å². The number of rotatable bonds is 7. The van der Waals surface area contributed by atoms with E-state index in [1.165, 1.54) is 51.0 Å². The van der Waals surface area contributed by atoms with E-state index in [-0.39, 0.29) is 5.56 Å². The fourth-order valence-corrected chi connectivity index (χ4v) is 4.38. The fraction of sp³-hybridized carbons (Fsp3) is 0.360. The van der Waals surface area contributed by atoms with Crippen molar-refractivity contribution in [3.05, 3.63) is 59.8 Å². The molecule has 4 rings (SSSR count). The summed E-state index contributed by atoms with van der Waals surface area (Å²) in [5.41, 5.74) is 3.71. The SMILES string of the molecule is COc1ccc(Nc2ccc(N(C)c3cc(C4CCCCC4)nn3C)cc2)c(C(=O)O)c1. The molecule has 168 valence electrons. The summed E-state index contributed by atoms with van der Waals surface area (Å²) in [7, 11) is 5.55. The van der Waals surface area contributed by atoms with Crippen LogP contribution < -0.4 is 15.0 Å². The van der Waals surface area contributed by atoms with E-state index in [0.717, 1.165) is 17.2 Å². The summed E-state index contributed by atoms with van der Waals surface area (Å²) in [4.78, 5) is 13.7. The van der Waals surface area contributed by atoms with Gasteiger partial charge in [-0.15, -0.1) is 0 Å². The Bertz CT molecular complexity index is 1090. The standard InChI is InChI=1S/C25H30N4O3/c1-28(24-16-23(27-29(24)2)17-7-5-4-6-8-17)19-11-9-18(10-12-19)26-22-14-13-20(32-3)15-21(22)25(30)31/h9-17,26H,4-8H2,1-3H3,(H,30,31). The first-order valence-corrected chi connectivity index (χ1v) is 11.0. The molecule has 0 bridgehead atoms. The third-order valence-corrected chi connectivity index (χ3v) is 6.23. The lowest BCUT2D eigenvalue weighted by Crippen LogP contribution is -2.13. The molecular weight excluding hydrogens is 404 g/mol. The first-order chi connectivity index (χ1) is 15.5. The number of carboxylic acids is 1. The van der Waals surface area contributed by atoms with Gasteiger partial charge in [-0.1, -0.05) is 19.3 Å². The van der Waals surface area contributed by atoms with Crippen LogP contribution in [-0.4, -0.2) is 35.0 Å². The average Bonchev–Trinajstić information content (AvgIpc) is 3.21. The molecule has 7 nitrogen and oxygen atoms in total. The van der Waals surface area contributed by atoms with Gasteiger partial charge in [0.25, 0.3) is 0 Å². The van der Waals surface area contributed by atoms with Gasteiger partial charge in [0.2, 0.25) is 0 Å². The van der Waals surface area contributed by atoms with Gasteiger partial charge in [0.15, 0.2) is 0 Å². The van der Waals surface area contributed by atoms with Gasteiger partial charge in [0.05, 0.1) is 24.1 Å². The minimum atomic E-state index is -1.01. The maximum absolute atomic E-state index is 11.6. The van der Waals surface area contributed by atoms with Crippen molar-refractivity contribution < 1.29 is 14.6 Å². The number of aromatic carboxylic acids is 1. The largest absolute Gasteiger partial charge is 0.497 e. The van der Waals surface area contributed by atoms with Crippen LogP contribution in [0.4, 0.5) is 22.9 Å². The second-order valence-corrected chi connectivity index (χ2v) is 8.33. The smallest absolute Gasteiger partial charge is 0.337 e. The molecule has 1 heterocycles. The lowest BCUT2D eigenvalue weighted by atomic mass is 9.87. The summed E-state index contributed by atoms with van der Waals surface area (Å²) >= 11 is 0. The Labute approximate surface area is 188 Å². The van der Waals surface area contributed by atoms with Gasteiger partial charge in [-0.3, -0.25) is 4.68 Å². The highest BCUT2D eigenvalue weighted by Gasteiger charge is 2.21. The van der Waals surface area contributed by atoms with Crippen molar-refractivity contribution in [1.82, 2.24) is 9.78 Å². The molecule has 1 aliphatic rings. The minimum absolute atomic E-state index is 0.163. The third-order valence-electron chi connectivity index (χ3n) is 6.23. The second-order valence-electron chi connectivity index (χ2n) is 8.33. The lowest BCUT2D eigenvalue weighted by Gasteiger charge is -2.20. The van der Waals surface area contributed by atoms with Gasteiger partial charge in [0.1, 0.15) is 11.6 Å². The summed E-state index contributed by atoms with van der Waals surface area (Å²) in [6, 6.07) is 15.1. The molecule has 0 aliphatic heterocycles. The van der Waals surface area contributed by atoms with Gasteiger partial charge < -0.3 is 20.1 Å². The minimum Gasteiger partial charge on any atom is -0.497 e. The molecule has 0 unspecified atom stereocenters. The van der Waals surface area contributed by atoms with Crippen molar-refractivity contribution in [2.45, 2.75) is 38.0 Å². The number of aromatic nitrogens is 2. The second kappa shape index (κ2) is 9.34. The highest BCUT2D eigenvalue weighted by Crippen LogP contribution is 2.35. The Morgan fingerprint density at radius 2 is 1.84 bits per heavy atom. The zero-order chi connectivity index (χ0) is 22.7. The summed E-state index contributed by atoms with van der Waals surface area (Å²) in [6.07, 6.45) is 6.37. The maximum Gasteiger partial charge on any atom is 0.337 e. The highest BCUT2D eigenvalue weighted by molar-refractivity contribution is 5.95. The Balaban J connectivity index is 1.51. The Morgan fingerprint density at radius 1 is 1.12 bits per heavy atom. The molecule has 1 aromatic heterocycles. The van der Waals surface area contributed by atoms with E-state index in [0.29, 0.717) is 17.4 Å². The van der Waals surface area contributed by atoms with Crippen LogP contribution in [0.15, 0.2) is 48.5 Å². The van der Waals surface area contributed by atoms with Crippen LogP contribution in [0.3, 0.4) is 0 Å². The van der Waals surface area contributed by atoms with E-state index in [1.54, 1.807) is 12.1 Å². The van der Waals surface area contributed by atoms with Crippen molar-refractivity contribution in [3.8, 4) is 5.75 Å². The number of nitrogens with zero attached hydrogens (tertiary/aromatic N) is 3. The highest BCUT2D eigenvalue weighted by atomic mass is 16.5. The summed E-state index contributed by atoms with van der Waals surface area (Å²) in [5, 5.41) is 17.5. The number of carboxylic acid groups (broad SMARTS) is 1. The molecule has 7 heteroatoms. The van der Waals surface area contributed by atoms with E-state index in [1.807, 2.05) is 43.0 Å². The average molecular weight is 435 g/mol. The van der Waals surface area contributed by atoms with Crippen molar-refractivity contribution in [2.24, 2.45) is 7.05 Å². The Kier molecular flexibility index (Phi) is 6.35. The monoisotopic (exact) mass is 434 g/mol. The zero-order valence-corrected chi connectivity index (χ0v) is 18.8. The van der Waals surface area contributed by atoms with Crippen molar-refractivity contribution in [3.63, 3.8) is 0 Å². The van der Waals surface area contributed by atoms with Gasteiger partial charge >= 0.3 is 5.97 Å². The van der Waals surface area contributed by atoms with Crippen LogP contribution >= 0.6 is 0 Å². The van der Waals surface area contributed by atoms with Crippen LogP contribution in [0, 0.1) is 0 Å². The van der Waals surface area contributed by atoms with Crippen LogP contribution in [-0.2, 0) is 7.05 Å². The number of benzene rings is 2. The van der Waals surface area contributed by atoms with Crippen molar-refractivity contribution in [2.75, 3.05) is 24.4 Å². The van der Waals surface area contributed by atoms with E-state index in [9.17, 15) is 9.90 Å². The summed E-state index contributed by atoms with van der Waals surface area (Å²) < 4.78 is 7.09. The predicted octanol–water partition coefficient (Wildman–Crippen LogP) is 5.69. The van der Waals surface area contributed by atoms with E-state index in [4.69, 9.17) is 9.84 Å². The van der Waals surface area contributed by atoms with Crippen molar-refractivity contribution in [1.29, 1.82) is 0 Å². The Morgan fingerprint density at radius 3 is 2.50 bits per heavy atom. The molecule has 1 aliphatic carbocycles. The number of ether oxygens (including phenoxy) is 1. The summed E-state index contributed by atoms with van der Waals surface area (Å²) in [6.45, 7) is 0. The third kappa shape index (κ3) is 4.56. The number of aryl methyl sites for hydroxylation is 1. The molecule has 0 saturated heterocycles. The lowest BCUT2D eigenvalue weighted by molar-refractivity contribution is 0.0697. The van der Waals surface area contributed by atoms with Crippen molar-refractivity contribution >= 4 is 28.8 Å². The van der Waals surface area contributed by atoms with Gasteiger partial charge in [0, 0.05) is 37.5 Å². The molecule has 0 amide bonds. The van der Waals surface area contributed by atoms with E-state index >= 15 is 0 Å². The molecule has 1 saturated carbocycles. The molecule has 0 atom stereocenters. The molecule has 1 fully saturated rings. The molecule has 0 radical (unpaired) electrons. The number of carbonyl (C=O) groups is 1. The number of nitrogens with one attached hydrogen (secondary N) is 1. The number of methoxy groups -OCH3 is 1. The van der Waals surface area contributed by atoms with E-state index < -0.39 is 5.97 Å². The molecule has 0 spiro atoms. The zero-order valence-electron chi connectivity index (χ0n) is 18.8. The number of anilines is 4. The van der Waals surface area contributed by atoms with E-state index in [2.05, 4.69) is 16.3 Å². The number of hydrogen-bond donors (Lipinski definition) is 2. The Hall–Kier alpha value is -3.48. The number of hydrogen-bond acceptors (Lipinski definition) is 5. The van der Waals surface area contributed by atoms with Gasteiger partial charge in [-0.25, -0.2) is 4.79 Å². The maximum atomic E-state index is 11.6. The first kappa shape index (κ1) is 21.7. The molecule has 2 aromatic carbocycles.